The zero-order valence-electron chi connectivity index (χ0n) is 14.5. The molecule has 0 saturated carbocycles. The summed E-state index contributed by atoms with van der Waals surface area (Å²) in [6.45, 7) is 3.68. The summed E-state index contributed by atoms with van der Waals surface area (Å²) in [4.78, 5) is 16.0. The minimum atomic E-state index is 0.0549. The molecule has 138 valence electrons. The summed E-state index contributed by atoms with van der Waals surface area (Å²) >= 11 is 1.65. The Bertz CT molecular complexity index is 744. The smallest absolute Gasteiger partial charge is 0.228 e. The zero-order valence-corrected chi connectivity index (χ0v) is 15.3. The van der Waals surface area contributed by atoms with Crippen molar-refractivity contribution in [2.75, 3.05) is 37.9 Å². The van der Waals surface area contributed by atoms with E-state index in [0.717, 1.165) is 22.9 Å². The van der Waals surface area contributed by atoms with Crippen LogP contribution in [0.5, 0.6) is 11.5 Å². The number of ether oxygens (including phenoxy) is 3. The quantitative estimate of drug-likeness (QED) is 0.871. The van der Waals surface area contributed by atoms with E-state index >= 15 is 0 Å². The molecule has 1 amide bonds. The zero-order chi connectivity index (χ0) is 17.8. The average molecular weight is 374 g/mol. The monoisotopic (exact) mass is 374 g/mol. The van der Waals surface area contributed by atoms with Crippen molar-refractivity contribution in [3.63, 3.8) is 0 Å². The Hall–Kier alpha value is -2.09. The number of benzene rings is 1. The van der Waals surface area contributed by atoms with Crippen LogP contribution < -0.4 is 19.7 Å². The molecular formula is C19H22N2O4S. The summed E-state index contributed by atoms with van der Waals surface area (Å²) < 4.78 is 16.8. The fourth-order valence-electron chi connectivity index (χ4n) is 3.15. The first kappa shape index (κ1) is 17.3. The molecular weight excluding hydrogens is 352 g/mol. The number of thiophene rings is 1. The number of morpholine rings is 1. The molecule has 0 aliphatic carbocycles. The number of hydrogen-bond donors (Lipinski definition) is 1. The molecule has 2 aliphatic rings. The minimum absolute atomic E-state index is 0.0549. The molecule has 1 saturated heterocycles. The fraction of sp³-hybridized carbons (Fsp3) is 0.421. The van der Waals surface area contributed by atoms with Gasteiger partial charge in [-0.1, -0.05) is 6.07 Å². The van der Waals surface area contributed by atoms with Crippen LogP contribution in [-0.4, -0.2) is 44.9 Å². The average Bonchev–Trinajstić information content (AvgIpc) is 3.20. The summed E-state index contributed by atoms with van der Waals surface area (Å²) in [5.74, 6) is 1.49. The van der Waals surface area contributed by atoms with E-state index in [-0.39, 0.29) is 11.9 Å². The minimum Gasteiger partial charge on any atom is -0.486 e. The van der Waals surface area contributed by atoms with Gasteiger partial charge in [-0.05, 0) is 23.6 Å². The fourth-order valence-corrected chi connectivity index (χ4v) is 3.85. The molecule has 1 N–H and O–H groups in total. The van der Waals surface area contributed by atoms with Gasteiger partial charge in [-0.3, -0.25) is 4.79 Å². The first-order valence-corrected chi connectivity index (χ1v) is 9.71. The second kappa shape index (κ2) is 8.07. The van der Waals surface area contributed by atoms with Gasteiger partial charge in [0.05, 0.1) is 19.8 Å². The largest absolute Gasteiger partial charge is 0.486 e. The predicted octanol–water partition coefficient (Wildman–Crippen LogP) is 2.43. The summed E-state index contributed by atoms with van der Waals surface area (Å²) in [5, 5.41) is 5.38. The van der Waals surface area contributed by atoms with E-state index in [1.165, 1.54) is 0 Å². The lowest BCUT2D eigenvalue weighted by Gasteiger charge is -2.28. The molecule has 0 bridgehead atoms. The van der Waals surface area contributed by atoms with Gasteiger partial charge in [0.2, 0.25) is 5.91 Å². The number of hydrogen-bond acceptors (Lipinski definition) is 6. The third-order valence-electron chi connectivity index (χ3n) is 4.45. The molecule has 1 atom stereocenters. The lowest BCUT2D eigenvalue weighted by molar-refractivity contribution is -0.119. The van der Waals surface area contributed by atoms with Crippen LogP contribution in [0.1, 0.15) is 11.3 Å². The maximum atomic E-state index is 13.1. The number of nitrogens with one attached hydrogen (secondary N) is 1. The standard InChI is InChI=1S/C19H22N2O4S/c22-19(10-14-13-23-6-5-20-14)21(12-16-2-1-9-26-16)15-3-4-17-18(11-15)25-8-7-24-17/h1-4,9,11,14,20H,5-8,10,12-13H2. The second-order valence-electron chi connectivity index (χ2n) is 6.32. The van der Waals surface area contributed by atoms with E-state index in [2.05, 4.69) is 5.32 Å². The van der Waals surface area contributed by atoms with Crippen molar-refractivity contribution in [2.45, 2.75) is 19.0 Å². The van der Waals surface area contributed by atoms with Crippen LogP contribution in [0.4, 0.5) is 5.69 Å². The molecule has 4 rings (SSSR count). The molecule has 26 heavy (non-hydrogen) atoms. The van der Waals surface area contributed by atoms with Gasteiger partial charge >= 0.3 is 0 Å². The Balaban J connectivity index is 1.56. The van der Waals surface area contributed by atoms with Crippen molar-refractivity contribution in [3.05, 3.63) is 40.6 Å². The third-order valence-corrected chi connectivity index (χ3v) is 5.31. The highest BCUT2D eigenvalue weighted by Crippen LogP contribution is 2.35. The number of carbonyl (C=O) groups is 1. The molecule has 2 aliphatic heterocycles. The normalized spacial score (nSPS) is 19.2. The summed E-state index contributed by atoms with van der Waals surface area (Å²) in [6.07, 6.45) is 0.403. The maximum Gasteiger partial charge on any atom is 0.228 e. The van der Waals surface area contributed by atoms with Crippen LogP contribution in [0.25, 0.3) is 0 Å². The van der Waals surface area contributed by atoms with E-state index in [4.69, 9.17) is 14.2 Å². The van der Waals surface area contributed by atoms with Crippen molar-refractivity contribution in [2.24, 2.45) is 0 Å². The van der Waals surface area contributed by atoms with E-state index in [0.29, 0.717) is 45.1 Å². The van der Waals surface area contributed by atoms with Gasteiger partial charge in [-0.15, -0.1) is 11.3 Å². The highest BCUT2D eigenvalue weighted by Gasteiger charge is 2.24. The lowest BCUT2D eigenvalue weighted by atomic mass is 10.1. The van der Waals surface area contributed by atoms with Gasteiger partial charge in [-0.25, -0.2) is 0 Å². The van der Waals surface area contributed by atoms with E-state index in [1.54, 1.807) is 11.3 Å². The van der Waals surface area contributed by atoms with Crippen molar-refractivity contribution in [1.29, 1.82) is 0 Å². The number of nitrogens with zero attached hydrogens (tertiary/aromatic N) is 1. The Morgan fingerprint density at radius 2 is 2.08 bits per heavy atom. The predicted molar refractivity (Wildman–Crippen MR) is 100 cm³/mol. The Kier molecular flexibility index (Phi) is 5.38. The van der Waals surface area contributed by atoms with Crippen molar-refractivity contribution in [3.8, 4) is 11.5 Å². The molecule has 0 spiro atoms. The van der Waals surface area contributed by atoms with Crippen LogP contribution in [0.2, 0.25) is 0 Å². The topological polar surface area (TPSA) is 60.0 Å². The van der Waals surface area contributed by atoms with E-state index in [1.807, 2.05) is 40.6 Å². The van der Waals surface area contributed by atoms with E-state index < -0.39 is 0 Å². The Labute approximate surface area is 156 Å². The highest BCUT2D eigenvalue weighted by atomic mass is 32.1. The highest BCUT2D eigenvalue weighted by molar-refractivity contribution is 7.09. The Morgan fingerprint density at radius 1 is 1.19 bits per heavy atom. The maximum absolute atomic E-state index is 13.1. The molecule has 3 heterocycles. The van der Waals surface area contributed by atoms with Crippen molar-refractivity contribution in [1.82, 2.24) is 5.32 Å². The van der Waals surface area contributed by atoms with Gasteiger partial charge in [-0.2, -0.15) is 0 Å². The molecule has 2 aromatic rings. The molecule has 1 unspecified atom stereocenters. The molecule has 7 heteroatoms. The van der Waals surface area contributed by atoms with Gasteiger partial charge in [0.1, 0.15) is 13.2 Å². The molecule has 6 nitrogen and oxygen atoms in total. The number of rotatable bonds is 5. The molecule has 1 fully saturated rings. The molecule has 0 radical (unpaired) electrons. The van der Waals surface area contributed by atoms with E-state index in [9.17, 15) is 4.79 Å². The SMILES string of the molecule is O=C(CC1COCCN1)N(Cc1cccs1)c1ccc2c(c1)OCCO2. The number of amides is 1. The van der Waals surface area contributed by atoms with Crippen LogP contribution >= 0.6 is 11.3 Å². The Morgan fingerprint density at radius 3 is 2.85 bits per heavy atom. The van der Waals surface area contributed by atoms with Gasteiger partial charge in [0, 0.05) is 35.6 Å². The summed E-state index contributed by atoms with van der Waals surface area (Å²) in [6, 6.07) is 9.79. The lowest BCUT2D eigenvalue weighted by Crippen LogP contribution is -2.45. The second-order valence-corrected chi connectivity index (χ2v) is 7.35. The summed E-state index contributed by atoms with van der Waals surface area (Å²) in [7, 11) is 0. The van der Waals surface area contributed by atoms with Gasteiger partial charge in [0.25, 0.3) is 0 Å². The summed E-state index contributed by atoms with van der Waals surface area (Å²) in [5.41, 5.74) is 0.823. The van der Waals surface area contributed by atoms with Crippen LogP contribution in [0.15, 0.2) is 35.7 Å². The third kappa shape index (κ3) is 4.00. The number of carbonyl (C=O) groups excluding carboxylic acids is 1. The first-order chi connectivity index (χ1) is 12.8. The van der Waals surface area contributed by atoms with Crippen LogP contribution in [0, 0.1) is 0 Å². The molecule has 1 aromatic carbocycles. The van der Waals surface area contributed by atoms with Crippen molar-refractivity contribution >= 4 is 22.9 Å². The first-order valence-electron chi connectivity index (χ1n) is 8.83. The van der Waals surface area contributed by atoms with Crippen molar-refractivity contribution < 1.29 is 19.0 Å². The molecule has 1 aromatic heterocycles. The van der Waals surface area contributed by atoms with Crippen LogP contribution in [-0.2, 0) is 16.1 Å². The number of fused-ring (bicyclic) bond motifs is 1. The number of anilines is 1. The van der Waals surface area contributed by atoms with Gasteiger partial charge in [0.15, 0.2) is 11.5 Å². The van der Waals surface area contributed by atoms with Crippen LogP contribution in [0.3, 0.4) is 0 Å². The van der Waals surface area contributed by atoms with Gasteiger partial charge < -0.3 is 24.4 Å².